The van der Waals surface area contributed by atoms with Crippen molar-refractivity contribution in [2.45, 2.75) is 13.0 Å². The summed E-state index contributed by atoms with van der Waals surface area (Å²) < 4.78 is 16.8. The maximum Gasteiger partial charge on any atom is 0.500 e. The van der Waals surface area contributed by atoms with Crippen molar-refractivity contribution in [2.24, 2.45) is 17.2 Å². The minimum atomic E-state index is -2.57. The standard InChI is InChI=1S/C8H23N3O3Si/c1-2-15(12-6-3-9,13-7-4-10)14-8-5-11/h2-11H2,1H3. The third-order valence-electron chi connectivity index (χ3n) is 1.75. The summed E-state index contributed by atoms with van der Waals surface area (Å²) in [7, 11) is -2.57. The summed E-state index contributed by atoms with van der Waals surface area (Å²) in [5, 5.41) is 0. The van der Waals surface area contributed by atoms with E-state index < -0.39 is 8.80 Å². The van der Waals surface area contributed by atoms with E-state index in [1.54, 1.807) is 0 Å². The smallest absolute Gasteiger partial charge is 0.372 e. The van der Waals surface area contributed by atoms with Gasteiger partial charge >= 0.3 is 8.80 Å². The number of hydrogen-bond acceptors (Lipinski definition) is 6. The summed E-state index contributed by atoms with van der Waals surface area (Å²) in [4.78, 5) is 0. The van der Waals surface area contributed by atoms with E-state index >= 15 is 0 Å². The van der Waals surface area contributed by atoms with Crippen molar-refractivity contribution < 1.29 is 13.3 Å². The van der Waals surface area contributed by atoms with Crippen LogP contribution in [-0.2, 0) is 13.3 Å². The maximum atomic E-state index is 5.59. The van der Waals surface area contributed by atoms with Crippen LogP contribution < -0.4 is 17.2 Å². The fraction of sp³-hybridized carbons (Fsp3) is 1.00. The summed E-state index contributed by atoms with van der Waals surface area (Å²) in [5.74, 6) is 0. The molecule has 0 heterocycles. The molecule has 0 unspecified atom stereocenters. The summed E-state index contributed by atoms with van der Waals surface area (Å²) in [6.45, 7) is 4.64. The normalized spacial score (nSPS) is 12.0. The SMILES string of the molecule is CC[Si](OCCN)(OCCN)OCCN. The molecular weight excluding hydrogens is 214 g/mol. The van der Waals surface area contributed by atoms with Gasteiger partial charge in [0.2, 0.25) is 0 Å². The first kappa shape index (κ1) is 15.0. The molecule has 7 heteroatoms. The molecule has 0 saturated heterocycles. The summed E-state index contributed by atoms with van der Waals surface area (Å²) in [6, 6.07) is 0.701. The Kier molecular flexibility index (Phi) is 9.21. The molecule has 0 aliphatic heterocycles. The second kappa shape index (κ2) is 9.22. The van der Waals surface area contributed by atoms with Crippen molar-refractivity contribution in [1.29, 1.82) is 0 Å². The monoisotopic (exact) mass is 237 g/mol. The van der Waals surface area contributed by atoms with Gasteiger partial charge in [-0.1, -0.05) is 6.92 Å². The molecule has 0 spiro atoms. The zero-order valence-corrected chi connectivity index (χ0v) is 10.4. The van der Waals surface area contributed by atoms with Gasteiger partial charge in [0.15, 0.2) is 0 Å². The lowest BCUT2D eigenvalue weighted by Gasteiger charge is -2.28. The van der Waals surface area contributed by atoms with Crippen molar-refractivity contribution in [2.75, 3.05) is 39.5 Å². The third kappa shape index (κ3) is 6.20. The number of hydrogen-bond donors (Lipinski definition) is 3. The average Bonchev–Trinajstić information content (AvgIpc) is 2.29. The summed E-state index contributed by atoms with van der Waals surface area (Å²) in [6.07, 6.45) is 0. The Morgan fingerprint density at radius 1 is 0.800 bits per heavy atom. The molecular formula is C8H23N3O3Si. The molecule has 0 fully saturated rings. The molecule has 0 amide bonds. The molecule has 0 saturated carbocycles. The Morgan fingerprint density at radius 2 is 1.13 bits per heavy atom. The van der Waals surface area contributed by atoms with Crippen LogP contribution in [0.25, 0.3) is 0 Å². The minimum Gasteiger partial charge on any atom is -0.372 e. The molecule has 15 heavy (non-hydrogen) atoms. The van der Waals surface area contributed by atoms with Crippen LogP contribution in [0.2, 0.25) is 6.04 Å². The Bertz CT molecular complexity index is 129. The molecule has 0 aliphatic rings. The highest BCUT2D eigenvalue weighted by molar-refractivity contribution is 6.60. The van der Waals surface area contributed by atoms with Crippen LogP contribution >= 0.6 is 0 Å². The Labute approximate surface area is 92.4 Å². The van der Waals surface area contributed by atoms with Crippen molar-refractivity contribution in [3.63, 3.8) is 0 Å². The van der Waals surface area contributed by atoms with Crippen LogP contribution in [0.3, 0.4) is 0 Å². The second-order valence-electron chi connectivity index (χ2n) is 2.95. The van der Waals surface area contributed by atoms with Gasteiger partial charge in [0.05, 0.1) is 19.8 Å². The molecule has 6 nitrogen and oxygen atoms in total. The van der Waals surface area contributed by atoms with E-state index in [1.807, 2.05) is 6.92 Å². The summed E-state index contributed by atoms with van der Waals surface area (Å²) >= 11 is 0. The lowest BCUT2D eigenvalue weighted by molar-refractivity contribution is 0.0669. The predicted octanol–water partition coefficient (Wildman–Crippen LogP) is -1.13. The van der Waals surface area contributed by atoms with Crippen LogP contribution in [-0.4, -0.2) is 48.3 Å². The van der Waals surface area contributed by atoms with Gasteiger partial charge in [-0.05, 0) is 0 Å². The van der Waals surface area contributed by atoms with Gasteiger partial charge in [0.25, 0.3) is 0 Å². The maximum absolute atomic E-state index is 5.59. The summed E-state index contributed by atoms with van der Waals surface area (Å²) in [5.41, 5.74) is 16.2. The molecule has 0 bridgehead atoms. The molecule has 0 aliphatic carbocycles. The fourth-order valence-electron chi connectivity index (χ4n) is 1.07. The van der Waals surface area contributed by atoms with E-state index in [2.05, 4.69) is 0 Å². The molecule has 0 radical (unpaired) electrons. The zero-order valence-electron chi connectivity index (χ0n) is 9.41. The van der Waals surface area contributed by atoms with Crippen molar-refractivity contribution in [3.8, 4) is 0 Å². The van der Waals surface area contributed by atoms with Gasteiger partial charge < -0.3 is 30.5 Å². The van der Waals surface area contributed by atoms with Crippen LogP contribution in [0.5, 0.6) is 0 Å². The quantitative estimate of drug-likeness (QED) is 0.415. The lowest BCUT2D eigenvalue weighted by atomic mass is 10.8. The number of rotatable bonds is 10. The molecule has 6 N–H and O–H groups in total. The van der Waals surface area contributed by atoms with Crippen molar-refractivity contribution in [3.05, 3.63) is 0 Å². The minimum absolute atomic E-state index is 0.440. The molecule has 92 valence electrons. The van der Waals surface area contributed by atoms with Crippen LogP contribution in [0.15, 0.2) is 0 Å². The van der Waals surface area contributed by atoms with Crippen LogP contribution in [0.1, 0.15) is 6.92 Å². The van der Waals surface area contributed by atoms with E-state index in [4.69, 9.17) is 30.5 Å². The first-order chi connectivity index (χ1) is 7.24. The Hall–Kier alpha value is -0.0231. The third-order valence-corrected chi connectivity index (χ3v) is 4.55. The van der Waals surface area contributed by atoms with E-state index in [1.165, 1.54) is 0 Å². The number of nitrogens with two attached hydrogens (primary N) is 3. The van der Waals surface area contributed by atoms with Crippen molar-refractivity contribution in [1.82, 2.24) is 0 Å². The van der Waals surface area contributed by atoms with E-state index in [0.717, 1.165) is 0 Å². The van der Waals surface area contributed by atoms with Gasteiger partial charge in [-0.25, -0.2) is 0 Å². The highest BCUT2D eigenvalue weighted by Gasteiger charge is 2.38. The molecule has 0 aromatic carbocycles. The van der Waals surface area contributed by atoms with E-state index in [-0.39, 0.29) is 0 Å². The van der Waals surface area contributed by atoms with Gasteiger partial charge in [0.1, 0.15) is 0 Å². The highest BCUT2D eigenvalue weighted by Crippen LogP contribution is 2.14. The van der Waals surface area contributed by atoms with Crippen LogP contribution in [0.4, 0.5) is 0 Å². The van der Waals surface area contributed by atoms with Gasteiger partial charge in [0, 0.05) is 25.7 Å². The molecule has 0 aromatic heterocycles. The van der Waals surface area contributed by atoms with Crippen molar-refractivity contribution >= 4 is 8.80 Å². The largest absolute Gasteiger partial charge is 0.500 e. The van der Waals surface area contributed by atoms with Gasteiger partial charge in [-0.15, -0.1) is 0 Å². The lowest BCUT2D eigenvalue weighted by Crippen LogP contribution is -2.48. The van der Waals surface area contributed by atoms with Crippen LogP contribution in [0, 0.1) is 0 Å². The zero-order chi connectivity index (χ0) is 11.6. The van der Waals surface area contributed by atoms with E-state index in [0.29, 0.717) is 45.5 Å². The molecule has 0 aromatic rings. The van der Waals surface area contributed by atoms with E-state index in [9.17, 15) is 0 Å². The molecule has 0 rings (SSSR count). The predicted molar refractivity (Wildman–Crippen MR) is 61.3 cm³/mol. The average molecular weight is 237 g/mol. The molecule has 0 atom stereocenters. The first-order valence-corrected chi connectivity index (χ1v) is 7.20. The van der Waals surface area contributed by atoms with Gasteiger partial charge in [-0.2, -0.15) is 0 Å². The first-order valence-electron chi connectivity index (χ1n) is 5.26. The highest BCUT2D eigenvalue weighted by atomic mass is 28.4. The fourth-order valence-corrected chi connectivity index (χ4v) is 3.22. The second-order valence-corrected chi connectivity index (χ2v) is 5.89. The Balaban J connectivity index is 4.16. The van der Waals surface area contributed by atoms with Gasteiger partial charge in [-0.3, -0.25) is 0 Å². The topological polar surface area (TPSA) is 106 Å². The Morgan fingerprint density at radius 3 is 1.33 bits per heavy atom.